The quantitative estimate of drug-likeness (QED) is 0.458. The number of fused-ring (bicyclic) bond motifs is 2. The molecule has 1 aliphatic heterocycles. The highest BCUT2D eigenvalue weighted by molar-refractivity contribution is 5.58. The maximum Gasteiger partial charge on any atom is 0.418 e. The summed E-state index contributed by atoms with van der Waals surface area (Å²) in [5.41, 5.74) is 0.815. The number of halogens is 5. The molecule has 0 spiro atoms. The van der Waals surface area contributed by atoms with Crippen molar-refractivity contribution >= 4 is 11.5 Å². The summed E-state index contributed by atoms with van der Waals surface area (Å²) in [6, 6.07) is 3.04. The van der Waals surface area contributed by atoms with Gasteiger partial charge < -0.3 is 14.3 Å². The first-order chi connectivity index (χ1) is 15.7. The average molecular weight is 465 g/mol. The Morgan fingerprint density at radius 3 is 2.76 bits per heavy atom. The number of hydrogen-bond donors (Lipinski definition) is 1. The van der Waals surface area contributed by atoms with Crippen molar-refractivity contribution in [2.24, 2.45) is 0 Å². The van der Waals surface area contributed by atoms with Crippen LogP contribution < -0.4 is 4.90 Å². The van der Waals surface area contributed by atoms with E-state index in [0.29, 0.717) is 24.4 Å². The van der Waals surface area contributed by atoms with Crippen molar-refractivity contribution in [3.63, 3.8) is 0 Å². The topological polar surface area (TPSA) is 88.1 Å². The van der Waals surface area contributed by atoms with E-state index in [4.69, 9.17) is 4.42 Å². The molecule has 13 heteroatoms. The number of pyridine rings is 1. The van der Waals surface area contributed by atoms with Crippen molar-refractivity contribution in [3.05, 3.63) is 59.3 Å². The van der Waals surface area contributed by atoms with Crippen LogP contribution >= 0.6 is 0 Å². The van der Waals surface area contributed by atoms with Gasteiger partial charge in [-0.1, -0.05) is 5.10 Å². The zero-order chi connectivity index (χ0) is 23.0. The third-order valence-corrected chi connectivity index (χ3v) is 6.15. The molecular weight excluding hydrogens is 449 g/mol. The highest BCUT2D eigenvalue weighted by Gasteiger charge is 2.49. The lowest BCUT2D eigenvalue weighted by Crippen LogP contribution is -2.37. The fourth-order valence-corrected chi connectivity index (χ4v) is 4.53. The third kappa shape index (κ3) is 3.25. The number of rotatable bonds is 3. The van der Waals surface area contributed by atoms with Crippen LogP contribution in [0.3, 0.4) is 0 Å². The number of anilines is 1. The largest absolute Gasteiger partial charge is 0.418 e. The van der Waals surface area contributed by atoms with E-state index in [0.717, 1.165) is 11.8 Å². The molecule has 1 aliphatic carbocycles. The molecule has 1 atom stereocenters. The number of alkyl halides is 5. The highest BCUT2D eigenvalue weighted by Crippen LogP contribution is 2.48. The van der Waals surface area contributed by atoms with E-state index >= 15 is 0 Å². The lowest BCUT2D eigenvalue weighted by Gasteiger charge is -2.33. The summed E-state index contributed by atoms with van der Waals surface area (Å²) in [4.78, 5) is 9.11. The second-order valence-electron chi connectivity index (χ2n) is 8.31. The minimum absolute atomic E-state index is 0.0898. The minimum atomic E-state index is -4.55. The Morgan fingerprint density at radius 1 is 1.18 bits per heavy atom. The molecule has 4 aromatic heterocycles. The summed E-state index contributed by atoms with van der Waals surface area (Å²) in [7, 11) is 0. The summed E-state index contributed by atoms with van der Waals surface area (Å²) in [5, 5.41) is 12.4. The summed E-state index contributed by atoms with van der Waals surface area (Å²) in [5.74, 6) is -3.13. The predicted octanol–water partition coefficient (Wildman–Crippen LogP) is 4.12. The molecule has 4 aromatic rings. The third-order valence-electron chi connectivity index (χ3n) is 6.15. The molecule has 0 saturated heterocycles. The van der Waals surface area contributed by atoms with Gasteiger partial charge in [-0.05, 0) is 18.2 Å². The fourth-order valence-electron chi connectivity index (χ4n) is 4.53. The smallest absolute Gasteiger partial charge is 0.408 e. The second kappa shape index (κ2) is 6.75. The van der Waals surface area contributed by atoms with E-state index in [-0.39, 0.29) is 30.3 Å². The standard InChI is InChI=1S/C20H16F5N7O/c21-19(22)7-10(8-19)17-28-29-18(33-17)31-5-3-12-15(27-9-26-12)16(31)13-6-14-11(20(23,24)25)2-1-4-32(14)30-13/h1-2,4,6,9-10,16H,3,5,7-8H2,(H,26,27). The number of H-pyrrole nitrogens is 1. The lowest BCUT2D eigenvalue weighted by atomic mass is 9.81. The molecule has 33 heavy (non-hydrogen) atoms. The van der Waals surface area contributed by atoms with Crippen molar-refractivity contribution < 1.29 is 26.4 Å². The van der Waals surface area contributed by atoms with Crippen molar-refractivity contribution in [3.8, 4) is 0 Å². The first-order valence-corrected chi connectivity index (χ1v) is 10.3. The summed E-state index contributed by atoms with van der Waals surface area (Å²) < 4.78 is 74.0. The number of hydrogen-bond acceptors (Lipinski definition) is 6. The van der Waals surface area contributed by atoms with Gasteiger partial charge in [-0.3, -0.25) is 0 Å². The molecule has 1 saturated carbocycles. The van der Waals surface area contributed by atoms with Crippen LogP contribution in [-0.4, -0.2) is 42.2 Å². The van der Waals surface area contributed by atoms with Crippen molar-refractivity contribution in [2.75, 3.05) is 11.4 Å². The van der Waals surface area contributed by atoms with Crippen LogP contribution in [-0.2, 0) is 12.6 Å². The van der Waals surface area contributed by atoms with Gasteiger partial charge in [0.1, 0.15) is 6.04 Å². The number of aromatic nitrogens is 6. The van der Waals surface area contributed by atoms with Gasteiger partial charge in [0.25, 0.3) is 0 Å². The molecule has 0 aromatic carbocycles. The summed E-state index contributed by atoms with van der Waals surface area (Å²) >= 11 is 0. The lowest BCUT2D eigenvalue weighted by molar-refractivity contribution is -0.136. The number of nitrogens with zero attached hydrogens (tertiary/aromatic N) is 6. The maximum atomic E-state index is 13.5. The van der Waals surface area contributed by atoms with Crippen molar-refractivity contribution in [1.29, 1.82) is 0 Å². The molecule has 1 unspecified atom stereocenters. The Bertz CT molecular complexity index is 1330. The van der Waals surface area contributed by atoms with Crippen molar-refractivity contribution in [2.45, 2.75) is 43.3 Å². The molecule has 8 nitrogen and oxygen atoms in total. The molecule has 0 bridgehead atoms. The Balaban J connectivity index is 1.42. The van der Waals surface area contributed by atoms with Gasteiger partial charge in [-0.15, -0.1) is 5.10 Å². The average Bonchev–Trinajstić information content (AvgIpc) is 3.48. The van der Waals surface area contributed by atoms with Crippen LogP contribution in [0.5, 0.6) is 0 Å². The van der Waals surface area contributed by atoms with Gasteiger partial charge in [0.2, 0.25) is 11.8 Å². The SMILES string of the molecule is FC1(F)CC(c2nnc(N3CCc4[nH]cnc4C3c3cc4c(C(F)(F)F)cccn4n3)o2)C1. The number of imidazole rings is 1. The molecule has 5 heterocycles. The summed E-state index contributed by atoms with van der Waals surface area (Å²) in [6.45, 7) is 0.391. The monoisotopic (exact) mass is 465 g/mol. The fraction of sp³-hybridized carbons (Fsp3) is 0.400. The van der Waals surface area contributed by atoms with Gasteiger partial charge in [-0.2, -0.15) is 18.3 Å². The van der Waals surface area contributed by atoms with Crippen LogP contribution in [0, 0.1) is 0 Å². The van der Waals surface area contributed by atoms with Gasteiger partial charge in [-0.25, -0.2) is 18.3 Å². The van der Waals surface area contributed by atoms with E-state index in [2.05, 4.69) is 25.3 Å². The van der Waals surface area contributed by atoms with Gasteiger partial charge in [0.15, 0.2) is 0 Å². The summed E-state index contributed by atoms with van der Waals surface area (Å²) in [6.07, 6.45) is -1.76. The van der Waals surface area contributed by atoms with Gasteiger partial charge >= 0.3 is 12.2 Å². The normalized spacial score (nSPS) is 20.8. The first kappa shape index (κ1) is 20.1. The molecule has 6 rings (SSSR count). The predicted molar refractivity (Wildman–Crippen MR) is 103 cm³/mol. The zero-order valence-corrected chi connectivity index (χ0v) is 16.9. The molecular formula is C20H16F5N7O. The Kier molecular flexibility index (Phi) is 4.11. The maximum absolute atomic E-state index is 13.5. The molecule has 2 aliphatic rings. The van der Waals surface area contributed by atoms with E-state index in [9.17, 15) is 22.0 Å². The van der Waals surface area contributed by atoms with E-state index in [1.165, 1.54) is 29.2 Å². The van der Waals surface area contributed by atoms with Crippen LogP contribution in [0.4, 0.5) is 28.0 Å². The zero-order valence-electron chi connectivity index (χ0n) is 16.9. The van der Waals surface area contributed by atoms with Crippen molar-refractivity contribution in [1.82, 2.24) is 29.8 Å². The molecule has 1 fully saturated rings. The minimum Gasteiger partial charge on any atom is -0.408 e. The van der Waals surface area contributed by atoms with Crippen LogP contribution in [0.1, 0.15) is 53.3 Å². The van der Waals surface area contributed by atoms with Gasteiger partial charge in [0.05, 0.1) is 28.8 Å². The second-order valence-corrected chi connectivity index (χ2v) is 8.31. The van der Waals surface area contributed by atoms with E-state index in [1.807, 2.05) is 0 Å². The van der Waals surface area contributed by atoms with Crippen LogP contribution in [0.2, 0.25) is 0 Å². The first-order valence-electron chi connectivity index (χ1n) is 10.3. The van der Waals surface area contributed by atoms with E-state index in [1.54, 1.807) is 4.90 Å². The van der Waals surface area contributed by atoms with Crippen LogP contribution in [0.15, 0.2) is 35.1 Å². The molecule has 0 amide bonds. The molecule has 172 valence electrons. The number of aromatic amines is 1. The Labute approximate surface area is 182 Å². The number of nitrogens with one attached hydrogen (secondary N) is 1. The van der Waals surface area contributed by atoms with Crippen LogP contribution in [0.25, 0.3) is 5.52 Å². The Hall–Kier alpha value is -3.51. The highest BCUT2D eigenvalue weighted by atomic mass is 19.4. The van der Waals surface area contributed by atoms with E-state index < -0.39 is 29.6 Å². The van der Waals surface area contributed by atoms with Gasteiger partial charge in [0, 0.05) is 43.6 Å². The Morgan fingerprint density at radius 2 is 2.00 bits per heavy atom. The molecule has 1 N–H and O–H groups in total. The molecule has 0 radical (unpaired) electrons.